The van der Waals surface area contributed by atoms with Crippen LogP contribution in [0.5, 0.6) is 0 Å². The van der Waals surface area contributed by atoms with Gasteiger partial charge in [-0.3, -0.25) is 4.98 Å². The Morgan fingerprint density at radius 1 is 1.04 bits per heavy atom. The van der Waals surface area contributed by atoms with Crippen molar-refractivity contribution in [2.75, 3.05) is 13.1 Å². The number of aromatic nitrogens is 1. The first-order valence-corrected chi connectivity index (χ1v) is 8.92. The van der Waals surface area contributed by atoms with Crippen LogP contribution in [-0.2, 0) is 13.0 Å². The molecule has 0 aliphatic rings. The molecule has 0 spiro atoms. The summed E-state index contributed by atoms with van der Waals surface area (Å²) in [5.74, 6) is 0. The lowest BCUT2D eigenvalue weighted by molar-refractivity contribution is 0.424. The van der Waals surface area contributed by atoms with E-state index in [9.17, 15) is 0 Å². The van der Waals surface area contributed by atoms with Crippen molar-refractivity contribution in [2.45, 2.75) is 19.9 Å². The molecule has 136 valence electrons. The molecule has 0 saturated carbocycles. The fourth-order valence-corrected chi connectivity index (χ4v) is 3.21. The Kier molecular flexibility index (Phi) is 7.51. The highest BCUT2D eigenvalue weighted by Gasteiger charge is 2.11. The normalized spacial score (nSPS) is 10.4. The van der Waals surface area contributed by atoms with Crippen LogP contribution in [0.4, 0.5) is 0 Å². The highest BCUT2D eigenvalue weighted by Crippen LogP contribution is 2.16. The average Bonchev–Trinajstić information content (AvgIpc) is 2.63. The number of nitrogens with two attached hydrogens (primary N) is 1. The maximum atomic E-state index is 5.80. The Bertz CT molecular complexity index is 865. The van der Waals surface area contributed by atoms with Crippen LogP contribution < -0.4 is 5.73 Å². The second-order valence-electron chi connectivity index (χ2n) is 6.32. The number of thiocarbonyl (C=S) groups is 1. The molecule has 2 N–H and O–H groups in total. The van der Waals surface area contributed by atoms with E-state index in [4.69, 9.17) is 18.0 Å². The summed E-state index contributed by atoms with van der Waals surface area (Å²) >= 11 is 5.73. The van der Waals surface area contributed by atoms with E-state index in [1.165, 1.54) is 22.1 Å². The summed E-state index contributed by atoms with van der Waals surface area (Å²) in [5, 5.41) is 2.34. The van der Waals surface area contributed by atoms with Gasteiger partial charge in [0.2, 0.25) is 0 Å². The second-order valence-corrected chi connectivity index (χ2v) is 6.79. The van der Waals surface area contributed by atoms with Crippen molar-refractivity contribution in [1.29, 1.82) is 0 Å². The van der Waals surface area contributed by atoms with E-state index in [2.05, 4.69) is 59.3 Å². The molecule has 0 bridgehead atoms. The van der Waals surface area contributed by atoms with Gasteiger partial charge in [0.15, 0.2) is 0 Å². The lowest BCUT2D eigenvalue weighted by Gasteiger charge is -2.25. The van der Waals surface area contributed by atoms with Gasteiger partial charge in [-0.25, -0.2) is 0 Å². The second kappa shape index (κ2) is 9.62. The van der Waals surface area contributed by atoms with Gasteiger partial charge in [-0.1, -0.05) is 60.2 Å². The lowest BCUT2D eigenvalue weighted by atomic mass is 10.1. The zero-order chi connectivity index (χ0) is 17.6. The summed E-state index contributed by atoms with van der Waals surface area (Å²) in [4.78, 5) is 7.30. The monoisotopic (exact) mass is 385 g/mol. The molecular weight excluding hydrogens is 362 g/mol. The number of hydrogen-bond donors (Lipinski definition) is 1. The van der Waals surface area contributed by atoms with E-state index in [-0.39, 0.29) is 12.4 Å². The summed E-state index contributed by atoms with van der Waals surface area (Å²) in [6, 6.07) is 17.0. The quantitative estimate of drug-likeness (QED) is 0.642. The Morgan fingerprint density at radius 2 is 1.77 bits per heavy atom. The van der Waals surface area contributed by atoms with Crippen LogP contribution in [0.2, 0.25) is 0 Å². The minimum Gasteiger partial charge on any atom is -0.360 e. The van der Waals surface area contributed by atoms with Crippen molar-refractivity contribution in [2.24, 2.45) is 5.73 Å². The van der Waals surface area contributed by atoms with Gasteiger partial charge in [-0.05, 0) is 29.5 Å². The molecule has 0 amide bonds. The summed E-state index contributed by atoms with van der Waals surface area (Å²) in [6.45, 7) is 4.26. The van der Waals surface area contributed by atoms with Crippen LogP contribution in [0.3, 0.4) is 0 Å². The van der Waals surface area contributed by atoms with Gasteiger partial charge in [0, 0.05) is 43.8 Å². The molecule has 2 aromatic carbocycles. The van der Waals surface area contributed by atoms with Crippen LogP contribution in [0.1, 0.15) is 16.7 Å². The Balaban J connectivity index is 0.00000243. The lowest BCUT2D eigenvalue weighted by Crippen LogP contribution is -2.34. The predicted octanol–water partition coefficient (Wildman–Crippen LogP) is 4.30. The molecular formula is C21H24ClN3S. The van der Waals surface area contributed by atoms with E-state index >= 15 is 0 Å². The number of fused-ring (bicyclic) bond motifs is 1. The maximum absolute atomic E-state index is 5.80. The van der Waals surface area contributed by atoms with E-state index < -0.39 is 0 Å². The highest BCUT2D eigenvalue weighted by atomic mass is 35.5. The van der Waals surface area contributed by atoms with Gasteiger partial charge in [-0.2, -0.15) is 0 Å². The third kappa shape index (κ3) is 5.24. The zero-order valence-corrected chi connectivity index (χ0v) is 16.5. The first-order valence-electron chi connectivity index (χ1n) is 8.52. The van der Waals surface area contributed by atoms with Crippen molar-refractivity contribution in [3.63, 3.8) is 0 Å². The van der Waals surface area contributed by atoms with Crippen molar-refractivity contribution in [3.05, 3.63) is 77.6 Å². The molecule has 0 saturated heterocycles. The number of pyridine rings is 1. The third-order valence-electron chi connectivity index (χ3n) is 4.31. The van der Waals surface area contributed by atoms with Crippen molar-refractivity contribution >= 4 is 40.4 Å². The fourth-order valence-electron chi connectivity index (χ4n) is 2.89. The van der Waals surface area contributed by atoms with Gasteiger partial charge >= 0.3 is 0 Å². The topological polar surface area (TPSA) is 42.1 Å². The number of aryl methyl sites for hydroxylation is 1. The van der Waals surface area contributed by atoms with Gasteiger partial charge in [0.25, 0.3) is 0 Å². The smallest absolute Gasteiger partial charge is 0.0827 e. The van der Waals surface area contributed by atoms with E-state index in [0.29, 0.717) is 6.54 Å². The molecule has 1 aromatic heterocycles. The first kappa shape index (κ1) is 20.3. The summed E-state index contributed by atoms with van der Waals surface area (Å²) in [7, 11) is 0. The Morgan fingerprint density at radius 3 is 2.50 bits per heavy atom. The number of benzene rings is 2. The SMILES string of the molecule is Cc1ccc(CN(CCN)C(=S)Cc2ccc3cnccc3c2)cc1.Cl. The van der Waals surface area contributed by atoms with Crippen LogP contribution in [0.25, 0.3) is 10.8 Å². The van der Waals surface area contributed by atoms with Crippen LogP contribution in [0, 0.1) is 6.92 Å². The van der Waals surface area contributed by atoms with Crippen molar-refractivity contribution in [3.8, 4) is 0 Å². The number of nitrogens with zero attached hydrogens (tertiary/aromatic N) is 2. The first-order chi connectivity index (χ1) is 12.2. The van der Waals surface area contributed by atoms with E-state index in [1.807, 2.05) is 18.5 Å². The largest absolute Gasteiger partial charge is 0.360 e. The molecule has 3 nitrogen and oxygen atoms in total. The minimum atomic E-state index is 0. The van der Waals surface area contributed by atoms with Gasteiger partial charge < -0.3 is 10.6 Å². The van der Waals surface area contributed by atoms with E-state index in [1.54, 1.807) is 0 Å². The van der Waals surface area contributed by atoms with Gasteiger partial charge in [0.05, 0.1) is 4.99 Å². The minimum absolute atomic E-state index is 0. The number of rotatable bonds is 6. The summed E-state index contributed by atoms with van der Waals surface area (Å²) < 4.78 is 0. The average molecular weight is 386 g/mol. The summed E-state index contributed by atoms with van der Waals surface area (Å²) in [6.07, 6.45) is 4.46. The standard InChI is InChI=1S/C21H23N3S.ClH/c1-16-2-4-17(5-3-16)15-24(11-9-22)21(25)13-18-6-7-20-14-23-10-8-19(20)12-18;/h2-8,10,12,14H,9,11,13,15,22H2,1H3;1H. The molecule has 0 aliphatic carbocycles. The molecule has 0 radical (unpaired) electrons. The Labute approximate surface area is 166 Å². The molecule has 0 fully saturated rings. The van der Waals surface area contributed by atoms with Gasteiger partial charge in [-0.15, -0.1) is 12.4 Å². The zero-order valence-electron chi connectivity index (χ0n) is 14.9. The molecule has 26 heavy (non-hydrogen) atoms. The Hall–Kier alpha value is -2.01. The molecule has 3 rings (SSSR count). The molecule has 3 aromatic rings. The van der Waals surface area contributed by atoms with Crippen LogP contribution in [0.15, 0.2) is 60.9 Å². The fraction of sp³-hybridized carbons (Fsp3) is 0.238. The summed E-state index contributed by atoms with van der Waals surface area (Å²) in [5.41, 5.74) is 9.54. The highest BCUT2D eigenvalue weighted by molar-refractivity contribution is 7.80. The number of hydrogen-bond acceptors (Lipinski definition) is 3. The molecule has 5 heteroatoms. The van der Waals surface area contributed by atoms with Crippen LogP contribution >= 0.6 is 24.6 Å². The van der Waals surface area contributed by atoms with Crippen molar-refractivity contribution < 1.29 is 0 Å². The molecule has 0 unspecified atom stereocenters. The molecule has 0 atom stereocenters. The van der Waals surface area contributed by atoms with Gasteiger partial charge in [0.1, 0.15) is 0 Å². The van der Waals surface area contributed by atoms with Crippen LogP contribution in [-0.4, -0.2) is 28.0 Å². The van der Waals surface area contributed by atoms with Crippen molar-refractivity contribution in [1.82, 2.24) is 9.88 Å². The van der Waals surface area contributed by atoms with E-state index in [0.717, 1.165) is 29.9 Å². The predicted molar refractivity (Wildman–Crippen MR) is 116 cm³/mol. The molecule has 0 aliphatic heterocycles. The molecule has 1 heterocycles. The third-order valence-corrected chi connectivity index (χ3v) is 4.71. The number of halogens is 1. The maximum Gasteiger partial charge on any atom is 0.0827 e.